The lowest BCUT2D eigenvalue weighted by Gasteiger charge is -2.37. The van der Waals surface area contributed by atoms with Gasteiger partial charge in [-0.25, -0.2) is 4.98 Å². The van der Waals surface area contributed by atoms with Gasteiger partial charge in [0, 0.05) is 17.9 Å². The van der Waals surface area contributed by atoms with E-state index in [-0.39, 0.29) is 0 Å². The Morgan fingerprint density at radius 2 is 1.89 bits per heavy atom. The quantitative estimate of drug-likeness (QED) is 0.722. The zero-order valence-electron chi connectivity index (χ0n) is 11.9. The van der Waals surface area contributed by atoms with Gasteiger partial charge in [-0.15, -0.1) is 5.10 Å². The minimum Gasteiger partial charge on any atom is -0.337 e. The SMILES string of the molecule is CCc1nnc(N(CCCBr)C2CCC2)nc1CC. The molecule has 2 rings (SSSR count). The minimum atomic E-state index is 0.623. The highest BCUT2D eigenvalue weighted by Crippen LogP contribution is 2.28. The lowest BCUT2D eigenvalue weighted by molar-refractivity contribution is 0.380. The van der Waals surface area contributed by atoms with Gasteiger partial charge in [-0.2, -0.15) is 5.10 Å². The largest absolute Gasteiger partial charge is 0.337 e. The minimum absolute atomic E-state index is 0.623. The molecule has 106 valence electrons. The summed E-state index contributed by atoms with van der Waals surface area (Å²) in [6.45, 7) is 5.27. The van der Waals surface area contributed by atoms with Crippen LogP contribution in [-0.4, -0.2) is 33.1 Å². The van der Waals surface area contributed by atoms with Crippen LogP contribution in [0.25, 0.3) is 0 Å². The Bertz CT molecular complexity index is 406. The molecule has 0 atom stereocenters. The predicted octanol–water partition coefficient (Wildman–Crippen LogP) is 3.14. The van der Waals surface area contributed by atoms with Gasteiger partial charge in [0.05, 0.1) is 11.4 Å². The predicted molar refractivity (Wildman–Crippen MR) is 82.0 cm³/mol. The van der Waals surface area contributed by atoms with Crippen LogP contribution >= 0.6 is 15.9 Å². The number of nitrogens with zero attached hydrogens (tertiary/aromatic N) is 4. The van der Waals surface area contributed by atoms with Gasteiger partial charge in [-0.3, -0.25) is 0 Å². The lowest BCUT2D eigenvalue weighted by Crippen LogP contribution is -2.42. The molecular weight excluding hydrogens is 304 g/mol. The standard InChI is InChI=1S/C14H23BrN4/c1-3-12-13(4-2)17-18-14(16-12)19(10-6-9-15)11-7-5-8-11/h11H,3-10H2,1-2H3. The van der Waals surface area contributed by atoms with Crippen molar-refractivity contribution in [1.82, 2.24) is 15.2 Å². The van der Waals surface area contributed by atoms with E-state index < -0.39 is 0 Å². The topological polar surface area (TPSA) is 41.9 Å². The first-order valence-corrected chi connectivity index (χ1v) is 8.47. The second-order valence-electron chi connectivity index (χ2n) is 5.03. The molecule has 1 saturated carbocycles. The van der Waals surface area contributed by atoms with E-state index in [9.17, 15) is 0 Å². The molecule has 0 unspecified atom stereocenters. The van der Waals surface area contributed by atoms with Crippen molar-refractivity contribution in [3.05, 3.63) is 11.4 Å². The van der Waals surface area contributed by atoms with Crippen molar-refractivity contribution in [2.24, 2.45) is 0 Å². The van der Waals surface area contributed by atoms with Crippen LogP contribution in [0, 0.1) is 0 Å². The van der Waals surface area contributed by atoms with E-state index in [2.05, 4.69) is 44.9 Å². The summed E-state index contributed by atoms with van der Waals surface area (Å²) in [5.41, 5.74) is 2.15. The van der Waals surface area contributed by atoms with Crippen molar-refractivity contribution < 1.29 is 0 Å². The van der Waals surface area contributed by atoms with E-state index >= 15 is 0 Å². The molecule has 0 aromatic carbocycles. The van der Waals surface area contributed by atoms with Gasteiger partial charge < -0.3 is 4.90 Å². The summed E-state index contributed by atoms with van der Waals surface area (Å²) < 4.78 is 0. The fraction of sp³-hybridized carbons (Fsp3) is 0.786. The van der Waals surface area contributed by atoms with E-state index in [1.54, 1.807) is 0 Å². The van der Waals surface area contributed by atoms with Crippen LogP contribution in [0.1, 0.15) is 50.9 Å². The molecule has 1 heterocycles. The van der Waals surface area contributed by atoms with Crippen molar-refractivity contribution >= 4 is 21.9 Å². The van der Waals surface area contributed by atoms with Gasteiger partial charge in [0.2, 0.25) is 5.95 Å². The number of aromatic nitrogens is 3. The average Bonchev–Trinajstić information content (AvgIpc) is 2.40. The monoisotopic (exact) mass is 326 g/mol. The number of aryl methyl sites for hydroxylation is 2. The van der Waals surface area contributed by atoms with Crippen LogP contribution in [0.2, 0.25) is 0 Å². The van der Waals surface area contributed by atoms with E-state index in [0.29, 0.717) is 6.04 Å². The van der Waals surface area contributed by atoms with E-state index in [1.165, 1.54) is 19.3 Å². The van der Waals surface area contributed by atoms with Crippen molar-refractivity contribution in [2.75, 3.05) is 16.8 Å². The van der Waals surface area contributed by atoms with Crippen LogP contribution in [-0.2, 0) is 12.8 Å². The molecule has 1 fully saturated rings. The third-order valence-corrected chi connectivity index (χ3v) is 4.36. The van der Waals surface area contributed by atoms with Gasteiger partial charge in [0.15, 0.2) is 0 Å². The molecule has 0 N–H and O–H groups in total. The third kappa shape index (κ3) is 3.44. The number of halogens is 1. The number of rotatable bonds is 7. The summed E-state index contributed by atoms with van der Waals surface area (Å²) in [5, 5.41) is 9.76. The first-order chi connectivity index (χ1) is 9.30. The van der Waals surface area contributed by atoms with Crippen LogP contribution in [0.4, 0.5) is 5.95 Å². The Morgan fingerprint density at radius 3 is 2.42 bits per heavy atom. The van der Waals surface area contributed by atoms with E-state index in [0.717, 1.165) is 48.5 Å². The highest BCUT2D eigenvalue weighted by atomic mass is 79.9. The summed E-state index contributed by atoms with van der Waals surface area (Å²) >= 11 is 3.51. The Hall–Kier alpha value is -0.710. The average molecular weight is 327 g/mol. The molecule has 1 aliphatic carbocycles. The molecule has 0 bridgehead atoms. The molecule has 0 saturated heterocycles. The van der Waals surface area contributed by atoms with Gasteiger partial charge in [-0.05, 0) is 38.5 Å². The molecule has 4 nitrogen and oxygen atoms in total. The molecule has 0 radical (unpaired) electrons. The number of hydrogen-bond acceptors (Lipinski definition) is 4. The second-order valence-corrected chi connectivity index (χ2v) is 5.83. The zero-order chi connectivity index (χ0) is 13.7. The summed E-state index contributed by atoms with van der Waals surface area (Å²) in [6.07, 6.45) is 6.83. The molecular formula is C14H23BrN4. The van der Waals surface area contributed by atoms with Crippen LogP contribution in [0.3, 0.4) is 0 Å². The van der Waals surface area contributed by atoms with Crippen molar-refractivity contribution in [2.45, 2.75) is 58.4 Å². The molecule has 0 amide bonds. The molecule has 1 aromatic rings. The molecule has 5 heteroatoms. The fourth-order valence-corrected chi connectivity index (χ4v) is 2.68. The highest BCUT2D eigenvalue weighted by molar-refractivity contribution is 9.09. The first-order valence-electron chi connectivity index (χ1n) is 7.35. The Kier molecular flexibility index (Phi) is 5.55. The Labute approximate surface area is 124 Å². The maximum atomic E-state index is 4.76. The smallest absolute Gasteiger partial charge is 0.245 e. The zero-order valence-corrected chi connectivity index (χ0v) is 13.5. The van der Waals surface area contributed by atoms with Gasteiger partial charge in [0.25, 0.3) is 0 Å². The Balaban J connectivity index is 2.19. The van der Waals surface area contributed by atoms with Crippen LogP contribution in [0.5, 0.6) is 0 Å². The normalized spacial score (nSPS) is 15.3. The maximum Gasteiger partial charge on any atom is 0.245 e. The summed E-state index contributed by atoms with van der Waals surface area (Å²) in [6, 6.07) is 0.623. The molecule has 1 aromatic heterocycles. The highest BCUT2D eigenvalue weighted by Gasteiger charge is 2.27. The fourth-order valence-electron chi connectivity index (χ4n) is 2.42. The van der Waals surface area contributed by atoms with E-state index in [4.69, 9.17) is 4.98 Å². The molecule has 0 aliphatic heterocycles. The van der Waals surface area contributed by atoms with Crippen molar-refractivity contribution in [3.63, 3.8) is 0 Å². The molecule has 1 aliphatic rings. The van der Waals surface area contributed by atoms with Crippen molar-refractivity contribution in [3.8, 4) is 0 Å². The number of hydrogen-bond donors (Lipinski definition) is 0. The first kappa shape index (κ1) is 14.7. The van der Waals surface area contributed by atoms with Gasteiger partial charge >= 0.3 is 0 Å². The summed E-state index contributed by atoms with van der Waals surface area (Å²) in [7, 11) is 0. The third-order valence-electron chi connectivity index (χ3n) is 3.80. The summed E-state index contributed by atoms with van der Waals surface area (Å²) in [4.78, 5) is 7.11. The lowest BCUT2D eigenvalue weighted by atomic mass is 9.91. The van der Waals surface area contributed by atoms with Gasteiger partial charge in [0.1, 0.15) is 0 Å². The Morgan fingerprint density at radius 1 is 1.16 bits per heavy atom. The number of alkyl halides is 1. The second kappa shape index (κ2) is 7.17. The van der Waals surface area contributed by atoms with E-state index in [1.807, 2.05) is 0 Å². The van der Waals surface area contributed by atoms with Crippen LogP contribution < -0.4 is 4.90 Å². The molecule has 0 spiro atoms. The summed E-state index contributed by atoms with van der Waals surface area (Å²) in [5.74, 6) is 0.833. The number of anilines is 1. The van der Waals surface area contributed by atoms with Crippen molar-refractivity contribution in [1.29, 1.82) is 0 Å². The maximum absolute atomic E-state index is 4.76. The van der Waals surface area contributed by atoms with Gasteiger partial charge in [-0.1, -0.05) is 29.8 Å². The molecule has 19 heavy (non-hydrogen) atoms. The van der Waals surface area contributed by atoms with Crippen LogP contribution in [0.15, 0.2) is 0 Å².